The Morgan fingerprint density at radius 3 is 2.94 bits per heavy atom. The molecular formula is C13H18N2O2. The van der Waals surface area contributed by atoms with Gasteiger partial charge in [-0.25, -0.2) is 0 Å². The van der Waals surface area contributed by atoms with E-state index in [0.29, 0.717) is 6.61 Å². The van der Waals surface area contributed by atoms with Gasteiger partial charge in [0, 0.05) is 13.6 Å². The first-order valence-corrected chi connectivity index (χ1v) is 5.90. The maximum Gasteiger partial charge on any atom is 0.236 e. The standard InChI is InChI=1S/C13H18N2O2/c1-14-13(16)12-7-11(8-15-12)17-9-10-5-3-2-4-6-10/h2-6,11-12,15H,7-9H2,1H3,(H,14,16). The van der Waals surface area contributed by atoms with E-state index in [1.807, 2.05) is 30.3 Å². The highest BCUT2D eigenvalue weighted by Crippen LogP contribution is 2.13. The molecule has 1 fully saturated rings. The first-order chi connectivity index (χ1) is 8.29. The maximum atomic E-state index is 11.4. The molecule has 0 saturated carbocycles. The van der Waals surface area contributed by atoms with Gasteiger partial charge in [-0.1, -0.05) is 30.3 Å². The van der Waals surface area contributed by atoms with Crippen LogP contribution in [0.3, 0.4) is 0 Å². The van der Waals surface area contributed by atoms with Crippen LogP contribution >= 0.6 is 0 Å². The first kappa shape index (κ1) is 12.1. The summed E-state index contributed by atoms with van der Waals surface area (Å²) in [6.07, 6.45) is 0.865. The van der Waals surface area contributed by atoms with E-state index in [2.05, 4.69) is 10.6 Å². The molecule has 4 nitrogen and oxygen atoms in total. The van der Waals surface area contributed by atoms with Crippen molar-refractivity contribution < 1.29 is 9.53 Å². The Morgan fingerprint density at radius 1 is 1.47 bits per heavy atom. The number of carbonyl (C=O) groups is 1. The number of rotatable bonds is 4. The number of ether oxygens (including phenoxy) is 1. The third-order valence-corrected chi connectivity index (χ3v) is 2.98. The van der Waals surface area contributed by atoms with Crippen LogP contribution in [0.5, 0.6) is 0 Å². The van der Waals surface area contributed by atoms with E-state index in [1.165, 1.54) is 0 Å². The minimum Gasteiger partial charge on any atom is -0.372 e. The van der Waals surface area contributed by atoms with Crippen molar-refractivity contribution in [1.82, 2.24) is 10.6 Å². The molecule has 0 aliphatic carbocycles. The first-order valence-electron chi connectivity index (χ1n) is 5.90. The summed E-state index contributed by atoms with van der Waals surface area (Å²) in [7, 11) is 1.65. The zero-order valence-corrected chi connectivity index (χ0v) is 9.98. The van der Waals surface area contributed by atoms with E-state index >= 15 is 0 Å². The lowest BCUT2D eigenvalue weighted by molar-refractivity contribution is -0.122. The predicted molar refractivity (Wildman–Crippen MR) is 65.5 cm³/mol. The average molecular weight is 234 g/mol. The van der Waals surface area contributed by atoms with Gasteiger partial charge in [0.05, 0.1) is 18.8 Å². The molecule has 4 heteroatoms. The zero-order valence-electron chi connectivity index (χ0n) is 9.98. The van der Waals surface area contributed by atoms with Gasteiger partial charge in [0.1, 0.15) is 0 Å². The third-order valence-electron chi connectivity index (χ3n) is 2.98. The van der Waals surface area contributed by atoms with Gasteiger partial charge in [0.15, 0.2) is 0 Å². The second kappa shape index (κ2) is 5.80. The van der Waals surface area contributed by atoms with Crippen LogP contribution in [0.25, 0.3) is 0 Å². The molecule has 1 amide bonds. The fraction of sp³-hybridized carbons (Fsp3) is 0.462. The molecule has 2 unspecified atom stereocenters. The Morgan fingerprint density at radius 2 is 2.24 bits per heavy atom. The van der Waals surface area contributed by atoms with Gasteiger partial charge in [0.25, 0.3) is 0 Å². The Bertz CT molecular complexity index is 367. The molecule has 2 rings (SSSR count). The van der Waals surface area contributed by atoms with Gasteiger partial charge in [-0.2, -0.15) is 0 Å². The van der Waals surface area contributed by atoms with Gasteiger partial charge < -0.3 is 15.4 Å². The summed E-state index contributed by atoms with van der Waals surface area (Å²) in [5, 5.41) is 5.80. The van der Waals surface area contributed by atoms with Gasteiger partial charge >= 0.3 is 0 Å². The van der Waals surface area contributed by atoms with Crippen molar-refractivity contribution in [1.29, 1.82) is 0 Å². The molecule has 0 bridgehead atoms. The second-order valence-electron chi connectivity index (χ2n) is 4.23. The summed E-state index contributed by atoms with van der Waals surface area (Å²) in [6, 6.07) is 9.96. The molecule has 1 aliphatic rings. The van der Waals surface area contributed by atoms with E-state index in [1.54, 1.807) is 7.05 Å². The SMILES string of the molecule is CNC(=O)C1CC(OCc2ccccc2)CN1. The van der Waals surface area contributed by atoms with E-state index in [0.717, 1.165) is 18.5 Å². The molecule has 92 valence electrons. The molecule has 1 heterocycles. The molecule has 0 spiro atoms. The highest BCUT2D eigenvalue weighted by molar-refractivity contribution is 5.81. The molecule has 1 aliphatic heterocycles. The minimum absolute atomic E-state index is 0.0378. The number of hydrogen-bond acceptors (Lipinski definition) is 3. The van der Waals surface area contributed by atoms with Crippen molar-refractivity contribution in [3.63, 3.8) is 0 Å². The van der Waals surface area contributed by atoms with Crippen LogP contribution in [0.1, 0.15) is 12.0 Å². The quantitative estimate of drug-likeness (QED) is 0.805. The Hall–Kier alpha value is -1.39. The van der Waals surface area contributed by atoms with Crippen molar-refractivity contribution in [3.05, 3.63) is 35.9 Å². The number of carbonyl (C=O) groups excluding carboxylic acids is 1. The highest BCUT2D eigenvalue weighted by Gasteiger charge is 2.29. The lowest BCUT2D eigenvalue weighted by Gasteiger charge is -2.11. The van der Waals surface area contributed by atoms with Crippen LogP contribution in [0.4, 0.5) is 0 Å². The van der Waals surface area contributed by atoms with E-state index < -0.39 is 0 Å². The van der Waals surface area contributed by atoms with Gasteiger partial charge in [0.2, 0.25) is 5.91 Å². The Balaban J connectivity index is 1.77. The Kier molecular flexibility index (Phi) is 4.12. The summed E-state index contributed by atoms with van der Waals surface area (Å²) in [4.78, 5) is 11.4. The van der Waals surface area contributed by atoms with Crippen LogP contribution in [0, 0.1) is 0 Å². The van der Waals surface area contributed by atoms with Crippen molar-refractivity contribution in [2.45, 2.75) is 25.2 Å². The maximum absolute atomic E-state index is 11.4. The van der Waals surface area contributed by atoms with E-state index in [9.17, 15) is 4.79 Å². The van der Waals surface area contributed by atoms with Crippen LogP contribution in [-0.2, 0) is 16.1 Å². The lowest BCUT2D eigenvalue weighted by Crippen LogP contribution is -2.38. The third kappa shape index (κ3) is 3.28. The number of nitrogens with one attached hydrogen (secondary N) is 2. The smallest absolute Gasteiger partial charge is 0.236 e. The fourth-order valence-electron chi connectivity index (χ4n) is 1.99. The fourth-order valence-corrected chi connectivity index (χ4v) is 1.99. The van der Waals surface area contributed by atoms with Gasteiger partial charge in [-0.15, -0.1) is 0 Å². The molecular weight excluding hydrogens is 216 g/mol. The van der Waals surface area contributed by atoms with Crippen LogP contribution < -0.4 is 10.6 Å². The van der Waals surface area contributed by atoms with Gasteiger partial charge in [-0.3, -0.25) is 4.79 Å². The predicted octanol–water partition coefficient (Wildman–Crippen LogP) is 0.680. The monoisotopic (exact) mass is 234 g/mol. The van der Waals surface area contributed by atoms with Crippen molar-refractivity contribution in [3.8, 4) is 0 Å². The summed E-state index contributed by atoms with van der Waals surface area (Å²) in [5.74, 6) is 0.0378. The summed E-state index contributed by atoms with van der Waals surface area (Å²) in [6.45, 7) is 1.35. The largest absolute Gasteiger partial charge is 0.372 e. The molecule has 2 N–H and O–H groups in total. The average Bonchev–Trinajstić information content (AvgIpc) is 2.85. The molecule has 2 atom stereocenters. The van der Waals surface area contributed by atoms with Crippen LogP contribution in [0.2, 0.25) is 0 Å². The number of likely N-dealkylation sites (N-methyl/N-ethyl adjacent to an activating group) is 1. The summed E-state index contributed by atoms with van der Waals surface area (Å²) in [5.41, 5.74) is 1.16. The number of amides is 1. The van der Waals surface area contributed by atoms with E-state index in [4.69, 9.17) is 4.74 Å². The van der Waals surface area contributed by atoms with Crippen molar-refractivity contribution in [2.75, 3.05) is 13.6 Å². The molecule has 1 aromatic carbocycles. The Labute approximate surface area is 101 Å². The summed E-state index contributed by atoms with van der Waals surface area (Å²) < 4.78 is 5.77. The number of benzene rings is 1. The highest BCUT2D eigenvalue weighted by atomic mass is 16.5. The number of hydrogen-bond donors (Lipinski definition) is 2. The summed E-state index contributed by atoms with van der Waals surface area (Å²) >= 11 is 0. The molecule has 0 aromatic heterocycles. The van der Waals surface area contributed by atoms with Crippen LogP contribution in [0.15, 0.2) is 30.3 Å². The lowest BCUT2D eigenvalue weighted by atomic mass is 10.2. The minimum atomic E-state index is -0.110. The van der Waals surface area contributed by atoms with Crippen molar-refractivity contribution in [2.24, 2.45) is 0 Å². The van der Waals surface area contributed by atoms with Crippen molar-refractivity contribution >= 4 is 5.91 Å². The molecule has 17 heavy (non-hydrogen) atoms. The normalized spacial score (nSPS) is 23.6. The second-order valence-corrected chi connectivity index (χ2v) is 4.23. The van der Waals surface area contributed by atoms with Gasteiger partial charge in [-0.05, 0) is 12.0 Å². The zero-order chi connectivity index (χ0) is 12.1. The van der Waals surface area contributed by atoms with E-state index in [-0.39, 0.29) is 18.1 Å². The molecule has 1 saturated heterocycles. The van der Waals surface area contributed by atoms with Crippen LogP contribution in [-0.4, -0.2) is 31.6 Å². The molecule has 0 radical (unpaired) electrons. The molecule has 1 aromatic rings. The topological polar surface area (TPSA) is 50.4 Å².